The molecule has 0 bridgehead atoms. The third-order valence-electron chi connectivity index (χ3n) is 5.55. The van der Waals surface area contributed by atoms with E-state index < -0.39 is 5.41 Å². The van der Waals surface area contributed by atoms with Gasteiger partial charge >= 0.3 is 6.03 Å². The minimum atomic E-state index is -0.504. The van der Waals surface area contributed by atoms with Gasteiger partial charge in [-0.1, -0.05) is 0 Å². The molecule has 0 radical (unpaired) electrons. The Morgan fingerprint density at radius 1 is 1.26 bits per heavy atom. The van der Waals surface area contributed by atoms with E-state index >= 15 is 0 Å². The second-order valence-corrected chi connectivity index (χ2v) is 8.14. The molecular formula is C19H30N6O2. The molecule has 0 unspecified atom stereocenters. The van der Waals surface area contributed by atoms with Gasteiger partial charge in [0.15, 0.2) is 0 Å². The van der Waals surface area contributed by atoms with Gasteiger partial charge in [0.2, 0.25) is 11.9 Å². The number of urea groups is 1. The van der Waals surface area contributed by atoms with Crippen molar-refractivity contribution < 1.29 is 9.59 Å². The normalized spacial score (nSPS) is 25.1. The van der Waals surface area contributed by atoms with E-state index in [9.17, 15) is 9.59 Å². The molecule has 2 saturated heterocycles. The van der Waals surface area contributed by atoms with Crippen molar-refractivity contribution >= 4 is 17.9 Å². The molecule has 3 rings (SSSR count). The Kier molecular flexibility index (Phi) is 5.53. The topological polar surface area (TPSA) is 81.7 Å². The Morgan fingerprint density at radius 2 is 1.96 bits per heavy atom. The van der Waals surface area contributed by atoms with Crippen molar-refractivity contribution in [3.63, 3.8) is 0 Å². The highest BCUT2D eigenvalue weighted by atomic mass is 16.2. The standard InChI is InChI=1S/C19H30N6O2/c1-14(2)22-18(27)24-10-5-7-19(16(26)23(3)4)13-25(12-15(19)11-24)17-20-8-6-9-21-17/h6,8-9,14-15H,5,7,10-13H2,1-4H3,(H,22,27)/t15-,19-/m0/s1. The third kappa shape index (κ3) is 3.84. The van der Waals surface area contributed by atoms with Crippen LogP contribution in [-0.4, -0.2) is 78.0 Å². The van der Waals surface area contributed by atoms with E-state index in [2.05, 4.69) is 20.2 Å². The van der Waals surface area contributed by atoms with E-state index in [-0.39, 0.29) is 23.9 Å². The average Bonchev–Trinajstić information content (AvgIpc) is 2.90. The van der Waals surface area contributed by atoms with Crippen LogP contribution < -0.4 is 10.2 Å². The molecule has 3 heterocycles. The number of nitrogens with zero attached hydrogens (tertiary/aromatic N) is 5. The monoisotopic (exact) mass is 374 g/mol. The summed E-state index contributed by atoms with van der Waals surface area (Å²) in [5, 5.41) is 2.98. The zero-order valence-corrected chi connectivity index (χ0v) is 16.7. The summed E-state index contributed by atoms with van der Waals surface area (Å²) >= 11 is 0. The molecule has 8 heteroatoms. The van der Waals surface area contributed by atoms with Crippen LogP contribution in [0.1, 0.15) is 26.7 Å². The molecule has 0 saturated carbocycles. The van der Waals surface area contributed by atoms with E-state index in [0.717, 1.165) is 12.8 Å². The van der Waals surface area contributed by atoms with Gasteiger partial charge in [-0.05, 0) is 32.8 Å². The van der Waals surface area contributed by atoms with Crippen molar-refractivity contribution in [2.24, 2.45) is 11.3 Å². The highest BCUT2D eigenvalue weighted by Crippen LogP contribution is 2.44. The minimum absolute atomic E-state index is 0.0486. The van der Waals surface area contributed by atoms with Crippen LogP contribution in [-0.2, 0) is 4.79 Å². The number of fused-ring (bicyclic) bond motifs is 1. The fraction of sp³-hybridized carbons (Fsp3) is 0.684. The average molecular weight is 374 g/mol. The Labute approximate surface area is 160 Å². The lowest BCUT2D eigenvalue weighted by Gasteiger charge is -2.34. The number of aromatic nitrogens is 2. The molecule has 2 aliphatic rings. The summed E-state index contributed by atoms with van der Waals surface area (Å²) < 4.78 is 0. The zero-order chi connectivity index (χ0) is 19.6. The van der Waals surface area contributed by atoms with Crippen molar-refractivity contribution in [3.8, 4) is 0 Å². The van der Waals surface area contributed by atoms with Gasteiger partial charge in [-0.25, -0.2) is 14.8 Å². The van der Waals surface area contributed by atoms with Crippen LogP contribution in [0.4, 0.5) is 10.7 Å². The molecule has 8 nitrogen and oxygen atoms in total. The zero-order valence-electron chi connectivity index (χ0n) is 16.7. The van der Waals surface area contributed by atoms with E-state index in [1.54, 1.807) is 23.4 Å². The first-order valence-electron chi connectivity index (χ1n) is 9.62. The summed E-state index contributed by atoms with van der Waals surface area (Å²) in [6.45, 7) is 6.44. The number of rotatable bonds is 3. The molecule has 148 valence electrons. The lowest BCUT2D eigenvalue weighted by molar-refractivity contribution is -0.141. The van der Waals surface area contributed by atoms with Gasteiger partial charge in [-0.2, -0.15) is 0 Å². The lowest BCUT2D eigenvalue weighted by atomic mass is 9.74. The van der Waals surface area contributed by atoms with Crippen LogP contribution in [0.3, 0.4) is 0 Å². The van der Waals surface area contributed by atoms with Crippen LogP contribution in [0.5, 0.6) is 0 Å². The summed E-state index contributed by atoms with van der Waals surface area (Å²) in [7, 11) is 3.62. The van der Waals surface area contributed by atoms with Crippen molar-refractivity contribution in [1.82, 2.24) is 25.1 Å². The Balaban J connectivity index is 1.88. The maximum Gasteiger partial charge on any atom is 0.317 e. The molecule has 2 aliphatic heterocycles. The second kappa shape index (κ2) is 7.70. The molecule has 1 N–H and O–H groups in total. The molecule has 0 aliphatic carbocycles. The van der Waals surface area contributed by atoms with E-state index in [0.29, 0.717) is 32.1 Å². The second-order valence-electron chi connectivity index (χ2n) is 8.14. The van der Waals surface area contributed by atoms with Crippen molar-refractivity contribution in [2.75, 3.05) is 45.2 Å². The fourth-order valence-electron chi connectivity index (χ4n) is 4.36. The predicted molar refractivity (Wildman–Crippen MR) is 103 cm³/mol. The number of amides is 3. The van der Waals surface area contributed by atoms with Gasteiger partial charge in [0.1, 0.15) is 0 Å². The molecule has 1 aromatic rings. The van der Waals surface area contributed by atoms with E-state index in [4.69, 9.17) is 0 Å². The maximum absolute atomic E-state index is 13.2. The van der Waals surface area contributed by atoms with Gasteiger partial charge in [0.25, 0.3) is 0 Å². The van der Waals surface area contributed by atoms with Crippen LogP contribution in [0, 0.1) is 11.3 Å². The highest BCUT2D eigenvalue weighted by Gasteiger charge is 2.54. The molecule has 0 aromatic carbocycles. The third-order valence-corrected chi connectivity index (χ3v) is 5.55. The summed E-state index contributed by atoms with van der Waals surface area (Å²) in [5.74, 6) is 0.836. The van der Waals surface area contributed by atoms with Crippen LogP contribution >= 0.6 is 0 Å². The van der Waals surface area contributed by atoms with Gasteiger partial charge in [-0.3, -0.25) is 4.79 Å². The molecule has 2 fully saturated rings. The molecule has 1 aromatic heterocycles. The summed E-state index contributed by atoms with van der Waals surface area (Å²) in [4.78, 5) is 40.2. The quantitative estimate of drug-likeness (QED) is 0.860. The number of carbonyl (C=O) groups excluding carboxylic acids is 2. The first-order valence-corrected chi connectivity index (χ1v) is 9.62. The summed E-state index contributed by atoms with van der Waals surface area (Å²) in [6, 6.07) is 1.83. The number of hydrogen-bond donors (Lipinski definition) is 1. The van der Waals surface area contributed by atoms with Crippen LogP contribution in [0.25, 0.3) is 0 Å². The molecule has 0 spiro atoms. The van der Waals surface area contributed by atoms with Gasteiger partial charge < -0.3 is 20.0 Å². The fourth-order valence-corrected chi connectivity index (χ4v) is 4.36. The summed E-state index contributed by atoms with van der Waals surface area (Å²) in [5.41, 5.74) is -0.504. The highest BCUT2D eigenvalue weighted by molar-refractivity contribution is 5.84. The smallest absolute Gasteiger partial charge is 0.317 e. The number of carbonyl (C=O) groups is 2. The first kappa shape index (κ1) is 19.4. The van der Waals surface area contributed by atoms with Gasteiger partial charge in [0, 0.05) is 64.6 Å². The SMILES string of the molecule is CC(C)NC(=O)N1CCC[C@]2(C(=O)N(C)C)CN(c3ncccn3)C[C@@H]2C1. The van der Waals surface area contributed by atoms with Crippen LogP contribution in [0.2, 0.25) is 0 Å². The Morgan fingerprint density at radius 3 is 2.59 bits per heavy atom. The molecule has 27 heavy (non-hydrogen) atoms. The number of hydrogen-bond acceptors (Lipinski definition) is 5. The van der Waals surface area contributed by atoms with Crippen molar-refractivity contribution in [3.05, 3.63) is 18.5 Å². The minimum Gasteiger partial charge on any atom is -0.348 e. The number of nitrogens with one attached hydrogen (secondary N) is 1. The molecular weight excluding hydrogens is 344 g/mol. The number of likely N-dealkylation sites (tertiary alicyclic amines) is 1. The molecule has 2 atom stereocenters. The number of anilines is 1. The van der Waals surface area contributed by atoms with E-state index in [1.807, 2.05) is 32.8 Å². The van der Waals surface area contributed by atoms with E-state index in [1.165, 1.54) is 0 Å². The maximum atomic E-state index is 13.2. The Bertz CT molecular complexity index is 680. The van der Waals surface area contributed by atoms with Gasteiger partial charge in [0.05, 0.1) is 5.41 Å². The van der Waals surface area contributed by atoms with Crippen molar-refractivity contribution in [2.45, 2.75) is 32.7 Å². The van der Waals surface area contributed by atoms with Crippen molar-refractivity contribution in [1.29, 1.82) is 0 Å². The largest absolute Gasteiger partial charge is 0.348 e. The first-order chi connectivity index (χ1) is 12.8. The van der Waals surface area contributed by atoms with Gasteiger partial charge in [-0.15, -0.1) is 0 Å². The lowest BCUT2D eigenvalue weighted by Crippen LogP contribution is -2.49. The summed E-state index contributed by atoms with van der Waals surface area (Å²) in [6.07, 6.45) is 5.02. The van der Waals surface area contributed by atoms with Crippen LogP contribution in [0.15, 0.2) is 18.5 Å². The molecule has 3 amide bonds. The Hall–Kier alpha value is -2.38. The predicted octanol–water partition coefficient (Wildman–Crippen LogP) is 1.20.